The normalized spacial score (nSPS) is 14.4. The lowest BCUT2D eigenvalue weighted by atomic mass is 9.88. The number of benzene rings is 3. The minimum atomic E-state index is -0.0860. The molecule has 0 bridgehead atoms. The number of fused-ring (bicyclic) bond motifs is 1. The number of nitrogens with one attached hydrogen (secondary N) is 1. The lowest BCUT2D eigenvalue weighted by Gasteiger charge is -2.34. The Labute approximate surface area is 184 Å². The van der Waals surface area contributed by atoms with E-state index in [0.717, 1.165) is 23.7 Å². The van der Waals surface area contributed by atoms with Crippen LogP contribution in [0.4, 0.5) is 5.69 Å². The summed E-state index contributed by atoms with van der Waals surface area (Å²) in [6.07, 6.45) is 3.50. The molecule has 1 aliphatic rings. The minimum absolute atomic E-state index is 0.0860. The lowest BCUT2D eigenvalue weighted by Crippen LogP contribution is -2.32. The SMILES string of the molecule is COc1cccc(-c2cccc3c2NC(C)(C)C=C3CSCCc2ccccc2)c1. The van der Waals surface area contributed by atoms with Gasteiger partial charge in [0.2, 0.25) is 0 Å². The van der Waals surface area contributed by atoms with Gasteiger partial charge in [-0.05, 0) is 54.9 Å². The van der Waals surface area contributed by atoms with E-state index < -0.39 is 0 Å². The van der Waals surface area contributed by atoms with Crippen molar-refractivity contribution in [1.29, 1.82) is 0 Å². The molecular weight excluding hydrogens is 386 g/mol. The van der Waals surface area contributed by atoms with Crippen molar-refractivity contribution in [3.05, 3.63) is 90.0 Å². The van der Waals surface area contributed by atoms with Crippen LogP contribution < -0.4 is 10.1 Å². The molecule has 1 aliphatic heterocycles. The molecule has 1 N–H and O–H groups in total. The van der Waals surface area contributed by atoms with E-state index in [9.17, 15) is 0 Å². The summed E-state index contributed by atoms with van der Waals surface area (Å²) in [4.78, 5) is 0. The summed E-state index contributed by atoms with van der Waals surface area (Å²) in [5.74, 6) is 3.03. The Hall–Kier alpha value is -2.65. The molecule has 0 saturated heterocycles. The van der Waals surface area contributed by atoms with Crippen molar-refractivity contribution in [3.8, 4) is 16.9 Å². The first-order chi connectivity index (χ1) is 14.6. The molecule has 0 spiro atoms. The number of para-hydroxylation sites is 1. The molecule has 3 aromatic rings. The molecule has 1 heterocycles. The fourth-order valence-electron chi connectivity index (χ4n) is 3.99. The largest absolute Gasteiger partial charge is 0.497 e. The van der Waals surface area contributed by atoms with Crippen LogP contribution in [0.25, 0.3) is 16.7 Å². The van der Waals surface area contributed by atoms with Crippen molar-refractivity contribution in [3.63, 3.8) is 0 Å². The first-order valence-electron chi connectivity index (χ1n) is 10.5. The van der Waals surface area contributed by atoms with Crippen molar-refractivity contribution >= 4 is 23.0 Å². The van der Waals surface area contributed by atoms with Gasteiger partial charge in [-0.15, -0.1) is 0 Å². The molecule has 4 rings (SSSR count). The van der Waals surface area contributed by atoms with Gasteiger partial charge in [-0.1, -0.05) is 66.7 Å². The van der Waals surface area contributed by atoms with Gasteiger partial charge in [0.05, 0.1) is 18.3 Å². The summed E-state index contributed by atoms with van der Waals surface area (Å²) < 4.78 is 5.45. The summed E-state index contributed by atoms with van der Waals surface area (Å²) in [7, 11) is 1.72. The molecule has 0 radical (unpaired) electrons. The average molecular weight is 416 g/mol. The van der Waals surface area contributed by atoms with Gasteiger partial charge in [0.25, 0.3) is 0 Å². The van der Waals surface area contributed by atoms with Gasteiger partial charge in [-0.25, -0.2) is 0 Å². The zero-order chi connectivity index (χ0) is 21.0. The summed E-state index contributed by atoms with van der Waals surface area (Å²) in [5, 5.41) is 3.76. The molecule has 0 fully saturated rings. The fraction of sp³-hybridized carbons (Fsp3) is 0.259. The van der Waals surface area contributed by atoms with E-state index in [0.29, 0.717) is 0 Å². The van der Waals surface area contributed by atoms with E-state index in [1.807, 2.05) is 17.8 Å². The number of rotatable bonds is 7. The fourth-order valence-corrected chi connectivity index (χ4v) is 4.98. The molecule has 3 heteroatoms. The second kappa shape index (κ2) is 9.01. The quantitative estimate of drug-likeness (QED) is 0.423. The van der Waals surface area contributed by atoms with Crippen molar-refractivity contribution in [2.24, 2.45) is 0 Å². The Morgan fingerprint density at radius 1 is 0.900 bits per heavy atom. The Kier molecular flexibility index (Phi) is 6.19. The number of aryl methyl sites for hydroxylation is 1. The Morgan fingerprint density at radius 2 is 1.67 bits per heavy atom. The molecule has 3 aromatic carbocycles. The Morgan fingerprint density at radius 3 is 2.47 bits per heavy atom. The summed E-state index contributed by atoms with van der Waals surface area (Å²) in [6.45, 7) is 4.49. The third-order valence-corrected chi connectivity index (χ3v) is 6.42. The predicted molar refractivity (Wildman–Crippen MR) is 132 cm³/mol. The first-order valence-corrected chi connectivity index (χ1v) is 11.6. The van der Waals surface area contributed by atoms with E-state index in [2.05, 4.69) is 92.0 Å². The molecule has 0 aliphatic carbocycles. The Balaban J connectivity index is 1.57. The highest BCUT2D eigenvalue weighted by Crippen LogP contribution is 2.42. The van der Waals surface area contributed by atoms with E-state index in [-0.39, 0.29) is 5.54 Å². The van der Waals surface area contributed by atoms with Crippen LogP contribution >= 0.6 is 11.8 Å². The second-order valence-corrected chi connectivity index (χ2v) is 9.37. The molecule has 30 heavy (non-hydrogen) atoms. The van der Waals surface area contributed by atoms with Gasteiger partial charge in [-0.3, -0.25) is 0 Å². The monoisotopic (exact) mass is 415 g/mol. The predicted octanol–water partition coefficient (Wildman–Crippen LogP) is 6.93. The van der Waals surface area contributed by atoms with E-state index >= 15 is 0 Å². The minimum Gasteiger partial charge on any atom is -0.497 e. The maximum Gasteiger partial charge on any atom is 0.119 e. The lowest BCUT2D eigenvalue weighted by molar-refractivity contribution is 0.415. The second-order valence-electron chi connectivity index (χ2n) is 8.26. The van der Waals surface area contributed by atoms with Crippen molar-refractivity contribution in [2.45, 2.75) is 25.8 Å². The Bertz CT molecular complexity index is 1040. The molecular formula is C27H29NOS. The maximum absolute atomic E-state index is 5.45. The van der Waals surface area contributed by atoms with Gasteiger partial charge in [0.15, 0.2) is 0 Å². The molecule has 154 valence electrons. The van der Waals surface area contributed by atoms with Crippen LogP contribution in [0.3, 0.4) is 0 Å². The summed E-state index contributed by atoms with van der Waals surface area (Å²) in [5.41, 5.74) is 7.66. The molecule has 0 aromatic heterocycles. The van der Waals surface area contributed by atoms with Crippen molar-refractivity contribution < 1.29 is 4.74 Å². The zero-order valence-corrected chi connectivity index (χ0v) is 18.8. The number of hydrogen-bond donors (Lipinski definition) is 1. The molecule has 2 nitrogen and oxygen atoms in total. The summed E-state index contributed by atoms with van der Waals surface area (Å²) >= 11 is 2.01. The highest BCUT2D eigenvalue weighted by atomic mass is 32.2. The van der Waals surface area contributed by atoms with Gasteiger partial charge in [0, 0.05) is 16.9 Å². The first kappa shape index (κ1) is 20.6. The van der Waals surface area contributed by atoms with Gasteiger partial charge >= 0.3 is 0 Å². The maximum atomic E-state index is 5.45. The summed E-state index contributed by atoms with van der Waals surface area (Å²) in [6, 6.07) is 25.6. The topological polar surface area (TPSA) is 21.3 Å². The third-order valence-electron chi connectivity index (χ3n) is 5.41. The molecule has 0 amide bonds. The molecule has 0 atom stereocenters. The van der Waals surface area contributed by atoms with Gasteiger partial charge < -0.3 is 10.1 Å². The number of ether oxygens (including phenoxy) is 1. The van der Waals surface area contributed by atoms with Crippen LogP contribution in [-0.4, -0.2) is 24.2 Å². The van der Waals surface area contributed by atoms with Crippen LogP contribution in [-0.2, 0) is 6.42 Å². The van der Waals surface area contributed by atoms with Crippen LogP contribution in [0.15, 0.2) is 78.9 Å². The standard InChI is InChI=1S/C27H29NOS/c1-27(2)18-22(19-30-16-15-20-9-5-4-6-10-20)25-14-8-13-24(26(25)28-27)21-11-7-12-23(17-21)29-3/h4-14,17-18,28H,15-16,19H2,1-3H3. The molecule has 0 saturated carbocycles. The third kappa shape index (κ3) is 4.73. The number of methoxy groups -OCH3 is 1. The zero-order valence-electron chi connectivity index (χ0n) is 17.9. The van der Waals surface area contributed by atoms with Crippen LogP contribution in [0.1, 0.15) is 25.0 Å². The average Bonchev–Trinajstić information content (AvgIpc) is 2.76. The number of thioether (sulfide) groups is 1. The van der Waals surface area contributed by atoms with Gasteiger partial charge in [-0.2, -0.15) is 11.8 Å². The van der Waals surface area contributed by atoms with Crippen LogP contribution in [0.5, 0.6) is 5.75 Å². The highest BCUT2D eigenvalue weighted by Gasteiger charge is 2.26. The van der Waals surface area contributed by atoms with Crippen molar-refractivity contribution in [2.75, 3.05) is 23.9 Å². The molecule has 0 unspecified atom stereocenters. The smallest absolute Gasteiger partial charge is 0.119 e. The van der Waals surface area contributed by atoms with E-state index in [4.69, 9.17) is 4.74 Å². The van der Waals surface area contributed by atoms with Crippen molar-refractivity contribution in [1.82, 2.24) is 0 Å². The number of anilines is 1. The van der Waals surface area contributed by atoms with Crippen LogP contribution in [0.2, 0.25) is 0 Å². The van der Waals surface area contributed by atoms with Gasteiger partial charge in [0.1, 0.15) is 5.75 Å². The highest BCUT2D eigenvalue weighted by molar-refractivity contribution is 7.99. The number of hydrogen-bond acceptors (Lipinski definition) is 3. The van der Waals surface area contributed by atoms with E-state index in [1.54, 1.807) is 7.11 Å². The van der Waals surface area contributed by atoms with E-state index in [1.165, 1.54) is 33.5 Å². The van der Waals surface area contributed by atoms with Crippen LogP contribution in [0, 0.1) is 0 Å².